The first-order chi connectivity index (χ1) is 7.58. The summed E-state index contributed by atoms with van der Waals surface area (Å²) in [5, 5.41) is 14.7. The second-order valence-corrected chi connectivity index (χ2v) is 3.84. The highest BCUT2D eigenvalue weighted by Crippen LogP contribution is 2.07. The van der Waals surface area contributed by atoms with Crippen molar-refractivity contribution in [3.63, 3.8) is 0 Å². The minimum Gasteiger partial charge on any atom is -0.467 e. The number of hydrogen-bond donors (Lipinski definition) is 3. The number of methoxy groups -OCH3 is 1. The maximum absolute atomic E-state index is 11.7. The van der Waals surface area contributed by atoms with Gasteiger partial charge >= 0.3 is 5.97 Å². The number of carbonyl (C=O) groups is 2. The fraction of sp³-hybridized carbons (Fsp3) is 0.800. The van der Waals surface area contributed by atoms with Gasteiger partial charge in [-0.3, -0.25) is 4.79 Å². The van der Waals surface area contributed by atoms with Gasteiger partial charge in [0.05, 0.1) is 19.3 Å². The van der Waals surface area contributed by atoms with Crippen LogP contribution in [0.4, 0.5) is 0 Å². The molecule has 1 amide bonds. The number of rotatable bonds is 4. The summed E-state index contributed by atoms with van der Waals surface area (Å²) in [6.07, 6.45) is 0.367. The van der Waals surface area contributed by atoms with Crippen LogP contribution < -0.4 is 10.6 Å². The topological polar surface area (TPSA) is 87.7 Å². The van der Waals surface area contributed by atoms with E-state index in [-0.39, 0.29) is 18.3 Å². The lowest BCUT2D eigenvalue weighted by Gasteiger charge is -2.17. The van der Waals surface area contributed by atoms with Crippen LogP contribution in [0, 0.1) is 0 Å². The minimum absolute atomic E-state index is 0. The van der Waals surface area contributed by atoms with Crippen molar-refractivity contribution in [1.29, 1.82) is 0 Å². The lowest BCUT2D eigenvalue weighted by atomic mass is 10.1. The Kier molecular flexibility index (Phi) is 7.10. The molecule has 1 rings (SSSR count). The molecular formula is C10H19ClN2O4. The molecule has 1 heterocycles. The molecule has 0 aromatic carbocycles. The van der Waals surface area contributed by atoms with Gasteiger partial charge < -0.3 is 20.5 Å². The normalized spacial score (nSPS) is 24.6. The second kappa shape index (κ2) is 7.47. The van der Waals surface area contributed by atoms with Crippen molar-refractivity contribution in [3.8, 4) is 0 Å². The van der Waals surface area contributed by atoms with Crippen LogP contribution in [0.2, 0.25) is 0 Å². The number of esters is 1. The van der Waals surface area contributed by atoms with Gasteiger partial charge in [0.1, 0.15) is 6.04 Å². The molecule has 100 valence electrons. The fourth-order valence-corrected chi connectivity index (χ4v) is 1.66. The number of hydrogen-bond acceptors (Lipinski definition) is 5. The molecule has 0 aromatic rings. The van der Waals surface area contributed by atoms with Gasteiger partial charge in [-0.2, -0.15) is 0 Å². The van der Waals surface area contributed by atoms with E-state index in [0.717, 1.165) is 0 Å². The molecule has 0 aromatic heterocycles. The van der Waals surface area contributed by atoms with E-state index in [4.69, 9.17) is 0 Å². The van der Waals surface area contributed by atoms with E-state index in [1.807, 2.05) is 0 Å². The highest BCUT2D eigenvalue weighted by atomic mass is 35.5. The van der Waals surface area contributed by atoms with Gasteiger partial charge in [-0.05, 0) is 12.8 Å². The molecular weight excluding hydrogens is 248 g/mol. The second-order valence-electron chi connectivity index (χ2n) is 3.84. The maximum Gasteiger partial charge on any atom is 0.328 e. The van der Waals surface area contributed by atoms with E-state index in [9.17, 15) is 14.7 Å². The summed E-state index contributed by atoms with van der Waals surface area (Å²) >= 11 is 0. The third-order valence-electron chi connectivity index (χ3n) is 2.63. The van der Waals surface area contributed by atoms with Crippen molar-refractivity contribution in [3.05, 3.63) is 0 Å². The first-order valence-electron chi connectivity index (χ1n) is 5.38. The molecule has 1 aliphatic heterocycles. The zero-order valence-electron chi connectivity index (χ0n) is 9.93. The summed E-state index contributed by atoms with van der Waals surface area (Å²) in [6, 6.07) is -1.04. The Morgan fingerprint density at radius 2 is 2.24 bits per heavy atom. The number of ether oxygens (including phenoxy) is 1. The highest BCUT2D eigenvalue weighted by molar-refractivity contribution is 5.87. The molecule has 6 nitrogen and oxygen atoms in total. The quantitative estimate of drug-likeness (QED) is 0.580. The number of β-amino-alcohol motifs (C(OH)–C–C–N with tert-alkyl or cyclic N) is 1. The zero-order chi connectivity index (χ0) is 12.1. The molecule has 3 unspecified atom stereocenters. The molecule has 0 spiro atoms. The molecule has 0 saturated carbocycles. The summed E-state index contributed by atoms with van der Waals surface area (Å²) < 4.78 is 4.56. The van der Waals surface area contributed by atoms with Crippen molar-refractivity contribution in [2.24, 2.45) is 0 Å². The summed E-state index contributed by atoms with van der Waals surface area (Å²) in [4.78, 5) is 22.9. The molecule has 17 heavy (non-hydrogen) atoms. The van der Waals surface area contributed by atoms with E-state index < -0.39 is 24.2 Å². The van der Waals surface area contributed by atoms with Crippen LogP contribution in [-0.2, 0) is 14.3 Å². The van der Waals surface area contributed by atoms with Gasteiger partial charge in [0.2, 0.25) is 5.91 Å². The van der Waals surface area contributed by atoms with E-state index >= 15 is 0 Å². The van der Waals surface area contributed by atoms with Crippen molar-refractivity contribution in [2.75, 3.05) is 13.7 Å². The number of nitrogens with one attached hydrogen (secondary N) is 2. The molecule has 1 fully saturated rings. The van der Waals surface area contributed by atoms with Crippen LogP contribution in [0.15, 0.2) is 0 Å². The molecule has 3 N–H and O–H groups in total. The van der Waals surface area contributed by atoms with Crippen LogP contribution >= 0.6 is 12.4 Å². The molecule has 1 saturated heterocycles. The SMILES string of the molecule is CCC(NC(=O)C1CC(O)CN1)C(=O)OC.Cl. The predicted octanol–water partition coefficient (Wildman–Crippen LogP) is -0.801. The molecule has 0 bridgehead atoms. The van der Waals surface area contributed by atoms with Crippen LogP contribution in [-0.4, -0.2) is 48.8 Å². The predicted molar refractivity (Wildman–Crippen MR) is 63.9 cm³/mol. The number of aliphatic hydroxyl groups excluding tert-OH is 1. The Morgan fingerprint density at radius 3 is 2.65 bits per heavy atom. The number of aliphatic hydroxyl groups is 1. The zero-order valence-corrected chi connectivity index (χ0v) is 10.8. The molecule has 7 heteroatoms. The van der Waals surface area contributed by atoms with Crippen molar-refractivity contribution in [1.82, 2.24) is 10.6 Å². The van der Waals surface area contributed by atoms with E-state index in [1.54, 1.807) is 6.92 Å². The average Bonchev–Trinajstić information content (AvgIpc) is 2.71. The maximum atomic E-state index is 11.7. The van der Waals surface area contributed by atoms with Gasteiger partial charge in [-0.1, -0.05) is 6.92 Å². The third-order valence-corrected chi connectivity index (χ3v) is 2.63. The van der Waals surface area contributed by atoms with Crippen LogP contribution in [0.5, 0.6) is 0 Å². The standard InChI is InChI=1S/C10H18N2O4.ClH/c1-3-7(10(15)16-2)12-9(14)8-4-6(13)5-11-8;/h6-8,11,13H,3-5H2,1-2H3,(H,12,14);1H. The first-order valence-corrected chi connectivity index (χ1v) is 5.38. The van der Waals surface area contributed by atoms with Gasteiger partial charge in [0.25, 0.3) is 0 Å². The van der Waals surface area contributed by atoms with Crippen LogP contribution in [0.25, 0.3) is 0 Å². The molecule has 0 radical (unpaired) electrons. The monoisotopic (exact) mass is 266 g/mol. The Bertz CT molecular complexity index is 275. The van der Waals surface area contributed by atoms with Gasteiger partial charge in [-0.25, -0.2) is 4.79 Å². The smallest absolute Gasteiger partial charge is 0.328 e. The largest absolute Gasteiger partial charge is 0.467 e. The highest BCUT2D eigenvalue weighted by Gasteiger charge is 2.30. The average molecular weight is 267 g/mol. The van der Waals surface area contributed by atoms with Gasteiger partial charge in [0.15, 0.2) is 0 Å². The van der Waals surface area contributed by atoms with Crippen molar-refractivity contribution >= 4 is 24.3 Å². The lowest BCUT2D eigenvalue weighted by Crippen LogP contribution is -2.48. The minimum atomic E-state index is -0.614. The van der Waals surface area contributed by atoms with Gasteiger partial charge in [0, 0.05) is 6.54 Å². The summed E-state index contributed by atoms with van der Waals surface area (Å²) in [5.74, 6) is -0.719. The number of halogens is 1. The summed E-state index contributed by atoms with van der Waals surface area (Å²) in [7, 11) is 1.29. The Labute approximate surface area is 107 Å². The van der Waals surface area contributed by atoms with Crippen molar-refractivity contribution < 1.29 is 19.4 Å². The lowest BCUT2D eigenvalue weighted by molar-refractivity contribution is -0.145. The van der Waals surface area contributed by atoms with E-state index in [0.29, 0.717) is 19.4 Å². The van der Waals surface area contributed by atoms with Crippen LogP contribution in [0.1, 0.15) is 19.8 Å². The van der Waals surface area contributed by atoms with E-state index in [2.05, 4.69) is 15.4 Å². The molecule has 1 aliphatic rings. The summed E-state index contributed by atoms with van der Waals surface area (Å²) in [6.45, 7) is 2.20. The summed E-state index contributed by atoms with van der Waals surface area (Å²) in [5.41, 5.74) is 0. The first kappa shape index (κ1) is 16.1. The fourth-order valence-electron chi connectivity index (χ4n) is 1.66. The molecule has 0 aliphatic carbocycles. The Hall–Kier alpha value is -0.850. The van der Waals surface area contributed by atoms with Crippen molar-refractivity contribution in [2.45, 2.75) is 38.0 Å². The molecule has 3 atom stereocenters. The van der Waals surface area contributed by atoms with Crippen LogP contribution in [0.3, 0.4) is 0 Å². The van der Waals surface area contributed by atoms with Gasteiger partial charge in [-0.15, -0.1) is 12.4 Å². The number of carbonyl (C=O) groups excluding carboxylic acids is 2. The van der Waals surface area contributed by atoms with E-state index in [1.165, 1.54) is 7.11 Å². The Morgan fingerprint density at radius 1 is 1.59 bits per heavy atom. The third kappa shape index (κ3) is 4.49. The number of amides is 1. The Balaban J connectivity index is 0.00000256.